The second kappa shape index (κ2) is 10.7. The van der Waals surface area contributed by atoms with Crippen LogP contribution in [0.4, 0.5) is 0 Å². The molecule has 0 aliphatic carbocycles. The van der Waals surface area contributed by atoms with E-state index >= 15 is 0 Å². The van der Waals surface area contributed by atoms with Crippen molar-refractivity contribution in [2.45, 2.75) is 67.6 Å². The Labute approximate surface area is 212 Å². The summed E-state index contributed by atoms with van der Waals surface area (Å²) < 4.78 is 11.1. The van der Waals surface area contributed by atoms with Gasteiger partial charge in [0.15, 0.2) is 0 Å². The monoisotopic (exact) mass is 492 g/mol. The van der Waals surface area contributed by atoms with E-state index < -0.39 is 12.2 Å². The molecule has 2 aromatic carbocycles. The average Bonchev–Trinajstić information content (AvgIpc) is 3.49. The number of aliphatic hydroxyl groups excluding tert-OH is 2. The Balaban J connectivity index is 0.000000201. The summed E-state index contributed by atoms with van der Waals surface area (Å²) in [6.45, 7) is 15.6. The first-order valence-corrected chi connectivity index (χ1v) is 11.9. The summed E-state index contributed by atoms with van der Waals surface area (Å²) in [6.07, 6.45) is -1.52. The third-order valence-electron chi connectivity index (χ3n) is 5.59. The largest absolute Gasteiger partial charge is 0.418 e. The van der Waals surface area contributed by atoms with Crippen molar-refractivity contribution in [3.8, 4) is 22.9 Å². The van der Waals surface area contributed by atoms with Crippen LogP contribution < -0.4 is 0 Å². The van der Waals surface area contributed by atoms with Crippen LogP contribution in [0.5, 0.6) is 0 Å². The average molecular weight is 493 g/mol. The molecule has 0 fully saturated rings. The van der Waals surface area contributed by atoms with Gasteiger partial charge in [-0.25, -0.2) is 0 Å². The predicted molar refractivity (Wildman–Crippen MR) is 138 cm³/mol. The molecular formula is C28H36N4O4. The van der Waals surface area contributed by atoms with Gasteiger partial charge in [-0.15, -0.1) is 20.4 Å². The number of benzene rings is 2. The third kappa shape index (κ3) is 6.86. The molecule has 4 aromatic rings. The van der Waals surface area contributed by atoms with Crippen molar-refractivity contribution in [1.82, 2.24) is 20.4 Å². The van der Waals surface area contributed by atoms with Crippen molar-refractivity contribution in [3.05, 3.63) is 71.4 Å². The number of aromatic nitrogens is 4. The van der Waals surface area contributed by atoms with Crippen molar-refractivity contribution in [2.24, 2.45) is 10.8 Å². The fourth-order valence-corrected chi connectivity index (χ4v) is 3.06. The topological polar surface area (TPSA) is 118 Å². The maximum atomic E-state index is 10.1. The fraction of sp³-hybridized carbons (Fsp3) is 0.429. The van der Waals surface area contributed by atoms with E-state index in [9.17, 15) is 10.2 Å². The van der Waals surface area contributed by atoms with Gasteiger partial charge in [0.2, 0.25) is 23.6 Å². The Bertz CT molecular complexity index is 1150. The van der Waals surface area contributed by atoms with Crippen LogP contribution in [-0.2, 0) is 0 Å². The van der Waals surface area contributed by atoms with Crippen molar-refractivity contribution >= 4 is 0 Å². The second-order valence-electron chi connectivity index (χ2n) is 11.2. The van der Waals surface area contributed by atoms with Crippen LogP contribution in [0.1, 0.15) is 76.7 Å². The van der Waals surface area contributed by atoms with E-state index in [2.05, 4.69) is 20.4 Å². The Morgan fingerprint density at radius 1 is 0.556 bits per heavy atom. The molecule has 0 amide bonds. The molecule has 0 radical (unpaired) electrons. The minimum Gasteiger partial charge on any atom is -0.418 e. The SMILES string of the molecule is Cc1ccc(-c2nnc([C@@H](O)C(C)(C)C)o2)cc1.Cc1ccc(-c2nnc([C@H](O)C(C)(C)C)o2)cc1. The van der Waals surface area contributed by atoms with Crippen LogP contribution in [0.2, 0.25) is 0 Å². The summed E-state index contributed by atoms with van der Waals surface area (Å²) in [5.41, 5.74) is 3.43. The Hall–Kier alpha value is -3.36. The van der Waals surface area contributed by atoms with Gasteiger partial charge in [0.25, 0.3) is 0 Å². The standard InChI is InChI=1S/2C14H18N2O2/c2*1-9-5-7-10(8-6-9)12-15-16-13(18-12)11(17)14(2,3)4/h2*5-8,11,17H,1-4H3/t2*11-/m10/s1. The van der Waals surface area contributed by atoms with Gasteiger partial charge in [0.05, 0.1) is 0 Å². The summed E-state index contributed by atoms with van der Waals surface area (Å²) in [5.74, 6) is 1.40. The molecule has 0 aliphatic rings. The normalized spacial score (nSPS) is 13.6. The molecule has 192 valence electrons. The molecule has 2 aromatic heterocycles. The highest BCUT2D eigenvalue weighted by atomic mass is 16.4. The lowest BCUT2D eigenvalue weighted by Gasteiger charge is -2.22. The zero-order valence-corrected chi connectivity index (χ0v) is 22.3. The van der Waals surface area contributed by atoms with Gasteiger partial charge in [-0.05, 0) is 48.9 Å². The summed E-state index contributed by atoms with van der Waals surface area (Å²) in [6, 6.07) is 15.6. The zero-order chi connectivity index (χ0) is 26.7. The van der Waals surface area contributed by atoms with Gasteiger partial charge < -0.3 is 19.0 Å². The molecule has 4 rings (SSSR count). The number of nitrogens with zero attached hydrogens (tertiary/aromatic N) is 4. The molecule has 0 bridgehead atoms. The molecule has 0 saturated carbocycles. The highest BCUT2D eigenvalue weighted by Crippen LogP contribution is 2.34. The molecule has 8 heteroatoms. The number of aryl methyl sites for hydroxylation is 2. The van der Waals surface area contributed by atoms with E-state index in [1.54, 1.807) is 0 Å². The minimum absolute atomic E-state index is 0.262. The van der Waals surface area contributed by atoms with Crippen LogP contribution in [0, 0.1) is 24.7 Å². The molecule has 2 heterocycles. The lowest BCUT2D eigenvalue weighted by molar-refractivity contribution is 0.0391. The summed E-state index contributed by atoms with van der Waals surface area (Å²) in [7, 11) is 0. The Kier molecular flexibility index (Phi) is 8.11. The maximum absolute atomic E-state index is 10.1. The number of hydrogen-bond acceptors (Lipinski definition) is 8. The molecule has 0 spiro atoms. The van der Waals surface area contributed by atoms with Gasteiger partial charge in [0.1, 0.15) is 12.2 Å². The first-order chi connectivity index (χ1) is 16.8. The highest BCUT2D eigenvalue weighted by Gasteiger charge is 2.30. The van der Waals surface area contributed by atoms with E-state index in [-0.39, 0.29) is 22.6 Å². The molecule has 2 N–H and O–H groups in total. The quantitative estimate of drug-likeness (QED) is 0.343. The number of rotatable bonds is 4. The zero-order valence-electron chi connectivity index (χ0n) is 22.3. The molecule has 8 nitrogen and oxygen atoms in total. The summed E-state index contributed by atoms with van der Waals surface area (Å²) in [4.78, 5) is 0. The Morgan fingerprint density at radius 3 is 1.14 bits per heavy atom. The van der Waals surface area contributed by atoms with Crippen molar-refractivity contribution in [3.63, 3.8) is 0 Å². The highest BCUT2D eigenvalue weighted by molar-refractivity contribution is 5.53. The predicted octanol–water partition coefficient (Wildman–Crippen LogP) is 6.25. The number of hydrogen-bond donors (Lipinski definition) is 2. The molecular weight excluding hydrogens is 456 g/mol. The van der Waals surface area contributed by atoms with Gasteiger partial charge >= 0.3 is 0 Å². The molecule has 0 aliphatic heterocycles. The molecule has 36 heavy (non-hydrogen) atoms. The van der Waals surface area contributed by atoms with E-state index in [0.29, 0.717) is 11.8 Å². The Morgan fingerprint density at radius 2 is 0.861 bits per heavy atom. The van der Waals surface area contributed by atoms with E-state index in [0.717, 1.165) is 11.1 Å². The van der Waals surface area contributed by atoms with E-state index in [1.807, 2.05) is 104 Å². The van der Waals surface area contributed by atoms with Crippen molar-refractivity contribution < 1.29 is 19.0 Å². The van der Waals surface area contributed by atoms with Crippen LogP contribution in [0.25, 0.3) is 22.9 Å². The van der Waals surface area contributed by atoms with Crippen LogP contribution in [0.15, 0.2) is 57.4 Å². The van der Waals surface area contributed by atoms with Gasteiger partial charge in [-0.2, -0.15) is 0 Å². The van der Waals surface area contributed by atoms with E-state index in [1.165, 1.54) is 11.1 Å². The first kappa shape index (κ1) is 27.2. The van der Waals surface area contributed by atoms with Gasteiger partial charge in [-0.3, -0.25) is 0 Å². The maximum Gasteiger partial charge on any atom is 0.247 e. The lowest BCUT2D eigenvalue weighted by Crippen LogP contribution is -2.18. The smallest absolute Gasteiger partial charge is 0.247 e. The van der Waals surface area contributed by atoms with Crippen molar-refractivity contribution in [1.29, 1.82) is 0 Å². The number of aliphatic hydroxyl groups is 2. The minimum atomic E-state index is -0.760. The lowest BCUT2D eigenvalue weighted by atomic mass is 9.89. The second-order valence-corrected chi connectivity index (χ2v) is 11.2. The fourth-order valence-electron chi connectivity index (χ4n) is 3.06. The molecule has 0 saturated heterocycles. The van der Waals surface area contributed by atoms with Crippen LogP contribution >= 0.6 is 0 Å². The summed E-state index contributed by atoms with van der Waals surface area (Å²) >= 11 is 0. The van der Waals surface area contributed by atoms with Gasteiger partial charge in [-0.1, -0.05) is 76.9 Å². The van der Waals surface area contributed by atoms with Gasteiger partial charge in [0, 0.05) is 11.1 Å². The molecule has 0 unspecified atom stereocenters. The van der Waals surface area contributed by atoms with Crippen LogP contribution in [0.3, 0.4) is 0 Å². The summed E-state index contributed by atoms with van der Waals surface area (Å²) in [5, 5.41) is 35.9. The van der Waals surface area contributed by atoms with Crippen molar-refractivity contribution in [2.75, 3.05) is 0 Å². The third-order valence-corrected chi connectivity index (χ3v) is 5.59. The molecule has 2 atom stereocenters. The van der Waals surface area contributed by atoms with Crippen LogP contribution in [-0.4, -0.2) is 30.6 Å². The first-order valence-electron chi connectivity index (χ1n) is 11.9. The van der Waals surface area contributed by atoms with E-state index in [4.69, 9.17) is 8.83 Å².